The zero-order valence-corrected chi connectivity index (χ0v) is 6.91. The van der Waals surface area contributed by atoms with Crippen LogP contribution in [-0.4, -0.2) is 48.7 Å². The standard InChI is InChI=1S/C6H13N3O3/c1-9(2-3-10)4-5(11)8-6(7)12/h10H,2-4H2,1H3,(H3,7,8,11,12). The number of rotatable bonds is 4. The van der Waals surface area contributed by atoms with E-state index < -0.39 is 11.9 Å². The van der Waals surface area contributed by atoms with Crippen molar-refractivity contribution in [1.82, 2.24) is 10.2 Å². The Hall–Kier alpha value is -1.14. The van der Waals surface area contributed by atoms with Crippen molar-refractivity contribution < 1.29 is 14.7 Å². The molecule has 0 heterocycles. The molecule has 6 heteroatoms. The minimum absolute atomic E-state index is 0.0274. The molecule has 0 aromatic rings. The minimum atomic E-state index is -0.864. The summed E-state index contributed by atoms with van der Waals surface area (Å²) < 4.78 is 0. The number of primary amides is 1. The average Bonchev–Trinajstić information content (AvgIpc) is 1.84. The molecule has 0 aromatic heterocycles. The molecule has 0 aliphatic heterocycles. The number of nitrogens with zero attached hydrogens (tertiary/aromatic N) is 1. The lowest BCUT2D eigenvalue weighted by Gasteiger charge is -2.12. The van der Waals surface area contributed by atoms with Gasteiger partial charge in [0.05, 0.1) is 13.2 Å². The second kappa shape index (κ2) is 5.50. The maximum Gasteiger partial charge on any atom is 0.318 e. The predicted octanol–water partition coefficient (Wildman–Crippen LogP) is -1.89. The van der Waals surface area contributed by atoms with E-state index in [2.05, 4.69) is 0 Å². The number of aliphatic hydroxyl groups is 1. The summed E-state index contributed by atoms with van der Waals surface area (Å²) in [7, 11) is 1.65. The van der Waals surface area contributed by atoms with Crippen LogP contribution in [0.4, 0.5) is 4.79 Å². The maximum absolute atomic E-state index is 10.8. The molecule has 0 atom stereocenters. The Kier molecular flexibility index (Phi) is 4.98. The molecule has 0 rings (SSSR count). The van der Waals surface area contributed by atoms with Gasteiger partial charge in [-0.25, -0.2) is 4.79 Å². The van der Waals surface area contributed by atoms with Crippen molar-refractivity contribution in [1.29, 1.82) is 0 Å². The van der Waals surface area contributed by atoms with Gasteiger partial charge in [-0.2, -0.15) is 0 Å². The topological polar surface area (TPSA) is 95.7 Å². The number of nitrogens with two attached hydrogens (primary N) is 1. The van der Waals surface area contributed by atoms with Crippen molar-refractivity contribution in [3.8, 4) is 0 Å². The van der Waals surface area contributed by atoms with Gasteiger partial charge in [0.15, 0.2) is 0 Å². The number of imide groups is 1. The molecule has 0 fully saturated rings. The van der Waals surface area contributed by atoms with Crippen LogP contribution in [0.1, 0.15) is 0 Å². The van der Waals surface area contributed by atoms with Gasteiger partial charge in [-0.05, 0) is 7.05 Å². The Bertz CT molecular complexity index is 171. The normalized spacial score (nSPS) is 9.92. The number of likely N-dealkylation sites (N-methyl/N-ethyl adjacent to an activating group) is 1. The molecular formula is C6H13N3O3. The molecule has 6 nitrogen and oxygen atoms in total. The first-order valence-electron chi connectivity index (χ1n) is 3.45. The Morgan fingerprint density at radius 1 is 1.58 bits per heavy atom. The van der Waals surface area contributed by atoms with E-state index in [0.717, 1.165) is 0 Å². The number of urea groups is 1. The molecule has 0 aliphatic rings. The summed E-state index contributed by atoms with van der Waals surface area (Å²) in [5, 5.41) is 10.4. The zero-order valence-electron chi connectivity index (χ0n) is 6.91. The monoisotopic (exact) mass is 175 g/mol. The Morgan fingerprint density at radius 2 is 2.17 bits per heavy atom. The van der Waals surface area contributed by atoms with E-state index in [-0.39, 0.29) is 13.2 Å². The zero-order chi connectivity index (χ0) is 9.56. The van der Waals surface area contributed by atoms with Crippen LogP contribution in [0.5, 0.6) is 0 Å². The lowest BCUT2D eigenvalue weighted by molar-refractivity contribution is -0.120. The van der Waals surface area contributed by atoms with Crippen molar-refractivity contribution in [2.75, 3.05) is 26.7 Å². The first-order chi connectivity index (χ1) is 5.56. The van der Waals surface area contributed by atoms with E-state index in [9.17, 15) is 9.59 Å². The highest BCUT2D eigenvalue weighted by Gasteiger charge is 2.06. The second-order valence-corrected chi connectivity index (χ2v) is 2.37. The molecule has 3 amide bonds. The summed E-state index contributed by atoms with van der Waals surface area (Å²) in [5.74, 6) is -0.474. The molecule has 4 N–H and O–H groups in total. The van der Waals surface area contributed by atoms with Crippen LogP contribution in [0.3, 0.4) is 0 Å². The summed E-state index contributed by atoms with van der Waals surface area (Å²) in [4.78, 5) is 22.5. The number of carbonyl (C=O) groups is 2. The largest absolute Gasteiger partial charge is 0.395 e. The van der Waals surface area contributed by atoms with E-state index in [1.165, 1.54) is 0 Å². The van der Waals surface area contributed by atoms with E-state index >= 15 is 0 Å². The van der Waals surface area contributed by atoms with Gasteiger partial charge in [0.25, 0.3) is 0 Å². The van der Waals surface area contributed by atoms with Crippen molar-refractivity contribution in [3.05, 3.63) is 0 Å². The van der Waals surface area contributed by atoms with E-state index in [1.54, 1.807) is 11.9 Å². The minimum Gasteiger partial charge on any atom is -0.395 e. The van der Waals surface area contributed by atoms with Gasteiger partial charge >= 0.3 is 6.03 Å². The molecule has 0 aliphatic carbocycles. The quantitative estimate of drug-likeness (QED) is 0.465. The number of aliphatic hydroxyl groups excluding tert-OH is 1. The van der Waals surface area contributed by atoms with Gasteiger partial charge in [-0.3, -0.25) is 15.0 Å². The first-order valence-corrected chi connectivity index (χ1v) is 3.45. The van der Waals surface area contributed by atoms with Crippen LogP contribution in [0.2, 0.25) is 0 Å². The third-order valence-electron chi connectivity index (χ3n) is 1.16. The first kappa shape index (κ1) is 10.9. The number of carbonyl (C=O) groups excluding carboxylic acids is 2. The SMILES string of the molecule is CN(CCO)CC(=O)NC(N)=O. The van der Waals surface area contributed by atoms with Crippen LogP contribution < -0.4 is 11.1 Å². The molecule has 0 saturated carbocycles. The molecule has 0 radical (unpaired) electrons. The summed E-state index contributed by atoms with van der Waals surface area (Å²) in [6.07, 6.45) is 0. The third-order valence-corrected chi connectivity index (χ3v) is 1.16. The lowest BCUT2D eigenvalue weighted by atomic mass is 10.5. The maximum atomic E-state index is 10.8. The summed E-state index contributed by atoms with van der Waals surface area (Å²) >= 11 is 0. The summed E-state index contributed by atoms with van der Waals surface area (Å²) in [6, 6.07) is -0.864. The Balaban J connectivity index is 3.61. The van der Waals surface area contributed by atoms with Crippen molar-refractivity contribution >= 4 is 11.9 Å². The van der Waals surface area contributed by atoms with Crippen LogP contribution in [-0.2, 0) is 4.79 Å². The van der Waals surface area contributed by atoms with Gasteiger partial charge in [0.2, 0.25) is 5.91 Å². The van der Waals surface area contributed by atoms with Crippen LogP contribution in [0.15, 0.2) is 0 Å². The smallest absolute Gasteiger partial charge is 0.318 e. The third kappa shape index (κ3) is 5.63. The van der Waals surface area contributed by atoms with Gasteiger partial charge in [0, 0.05) is 6.54 Å². The molecule has 0 bridgehead atoms. The summed E-state index contributed by atoms with van der Waals surface area (Å²) in [6.45, 7) is 0.399. The Labute approximate surface area is 70.3 Å². The highest BCUT2D eigenvalue weighted by Crippen LogP contribution is 1.79. The van der Waals surface area contributed by atoms with Crippen LogP contribution in [0.25, 0.3) is 0 Å². The van der Waals surface area contributed by atoms with Crippen molar-refractivity contribution in [3.63, 3.8) is 0 Å². The Morgan fingerprint density at radius 3 is 2.58 bits per heavy atom. The van der Waals surface area contributed by atoms with Crippen molar-refractivity contribution in [2.45, 2.75) is 0 Å². The molecule has 70 valence electrons. The van der Waals surface area contributed by atoms with Gasteiger partial charge in [0.1, 0.15) is 0 Å². The van der Waals surface area contributed by atoms with E-state index in [4.69, 9.17) is 10.8 Å². The predicted molar refractivity (Wildman–Crippen MR) is 42.3 cm³/mol. The molecule has 0 aromatic carbocycles. The fraction of sp³-hybridized carbons (Fsp3) is 0.667. The van der Waals surface area contributed by atoms with Gasteiger partial charge in [-0.15, -0.1) is 0 Å². The highest BCUT2D eigenvalue weighted by atomic mass is 16.3. The molecule has 0 spiro atoms. The second-order valence-electron chi connectivity index (χ2n) is 2.37. The van der Waals surface area contributed by atoms with Crippen LogP contribution in [0, 0.1) is 0 Å². The highest BCUT2D eigenvalue weighted by molar-refractivity contribution is 5.94. The molecule has 12 heavy (non-hydrogen) atoms. The average molecular weight is 175 g/mol. The molecule has 0 saturated heterocycles. The lowest BCUT2D eigenvalue weighted by Crippen LogP contribution is -2.41. The van der Waals surface area contributed by atoms with Gasteiger partial charge < -0.3 is 10.8 Å². The fourth-order valence-corrected chi connectivity index (χ4v) is 0.672. The fourth-order valence-electron chi connectivity index (χ4n) is 0.672. The van der Waals surface area contributed by atoms with E-state index in [0.29, 0.717) is 6.54 Å². The number of hydrogen-bond acceptors (Lipinski definition) is 4. The number of nitrogens with one attached hydrogen (secondary N) is 1. The van der Waals surface area contributed by atoms with E-state index in [1.807, 2.05) is 5.32 Å². The molecule has 0 unspecified atom stereocenters. The van der Waals surface area contributed by atoms with Gasteiger partial charge in [-0.1, -0.05) is 0 Å². The van der Waals surface area contributed by atoms with Crippen LogP contribution >= 0.6 is 0 Å². The number of hydrogen-bond donors (Lipinski definition) is 3. The molecular weight excluding hydrogens is 162 g/mol. The summed E-state index contributed by atoms with van der Waals surface area (Å²) in [5.41, 5.74) is 4.70. The number of amides is 3. The van der Waals surface area contributed by atoms with Crippen molar-refractivity contribution in [2.24, 2.45) is 5.73 Å².